The molecule has 0 aliphatic carbocycles. The molecular weight excluding hydrogens is 242 g/mol. The molecule has 0 aliphatic rings. The number of halogens is 1. The summed E-state index contributed by atoms with van der Waals surface area (Å²) >= 11 is 5.59. The monoisotopic (exact) mass is 251 g/mol. The predicted octanol–water partition coefficient (Wildman–Crippen LogP) is 2.72. The van der Waals surface area contributed by atoms with Gasteiger partial charge in [0, 0.05) is 0 Å². The summed E-state index contributed by atoms with van der Waals surface area (Å²) in [5.41, 5.74) is 0. The zero-order valence-electron chi connectivity index (χ0n) is 9.13. The molecule has 0 atom stereocenters. The molecule has 0 spiro atoms. The first kappa shape index (κ1) is 11.6. The molecule has 0 saturated carbocycles. The fraction of sp³-hybridized carbons (Fsp3) is 0.182. The Bertz CT molecular complexity index is 490. The van der Waals surface area contributed by atoms with Gasteiger partial charge in [-0.3, -0.25) is 0 Å². The zero-order valence-corrected chi connectivity index (χ0v) is 9.89. The third-order valence-corrected chi connectivity index (χ3v) is 2.03. The average Bonchev–Trinajstić information content (AvgIpc) is 2.32. The van der Waals surface area contributed by atoms with Gasteiger partial charge in [-0.1, -0.05) is 0 Å². The number of ether oxygens (including phenoxy) is 2. The quantitative estimate of drug-likeness (QED) is 0.836. The minimum atomic E-state index is 0.0495. The third-order valence-electron chi connectivity index (χ3n) is 1.87. The molecular formula is C11H10ClN3O2. The molecule has 6 heteroatoms. The van der Waals surface area contributed by atoms with Crippen LogP contribution in [0.2, 0.25) is 5.28 Å². The van der Waals surface area contributed by atoms with Gasteiger partial charge in [-0.25, -0.2) is 0 Å². The molecule has 5 nitrogen and oxygen atoms in total. The van der Waals surface area contributed by atoms with Gasteiger partial charge in [-0.05, 0) is 42.8 Å². The number of nitrogens with zero attached hydrogens (tertiary/aromatic N) is 3. The molecule has 0 saturated heterocycles. The summed E-state index contributed by atoms with van der Waals surface area (Å²) in [5, 5.41) is 7.21. The van der Waals surface area contributed by atoms with Crippen molar-refractivity contribution in [3.63, 3.8) is 0 Å². The van der Waals surface area contributed by atoms with Crippen LogP contribution in [-0.2, 0) is 0 Å². The second-order valence-corrected chi connectivity index (χ2v) is 3.41. The van der Waals surface area contributed by atoms with Crippen LogP contribution >= 0.6 is 11.6 Å². The summed E-state index contributed by atoms with van der Waals surface area (Å²) in [7, 11) is 0. The summed E-state index contributed by atoms with van der Waals surface area (Å²) < 4.78 is 10.8. The second-order valence-electron chi connectivity index (χ2n) is 3.07. The Kier molecular flexibility index (Phi) is 3.72. The molecule has 0 fully saturated rings. The molecule has 0 unspecified atom stereocenters. The van der Waals surface area contributed by atoms with E-state index < -0.39 is 0 Å². The molecule has 1 aromatic heterocycles. The summed E-state index contributed by atoms with van der Waals surface area (Å²) in [6.07, 6.45) is 1.39. The van der Waals surface area contributed by atoms with Crippen LogP contribution in [0.25, 0.3) is 0 Å². The lowest BCUT2D eigenvalue weighted by Gasteiger charge is -2.05. The van der Waals surface area contributed by atoms with E-state index in [1.807, 2.05) is 19.1 Å². The van der Waals surface area contributed by atoms with Gasteiger partial charge in [-0.2, -0.15) is 10.1 Å². The van der Waals surface area contributed by atoms with Gasteiger partial charge in [0.2, 0.25) is 11.2 Å². The highest BCUT2D eigenvalue weighted by Crippen LogP contribution is 2.22. The molecule has 0 radical (unpaired) electrons. The normalized spacial score (nSPS) is 10.0. The van der Waals surface area contributed by atoms with Gasteiger partial charge >= 0.3 is 0 Å². The Morgan fingerprint density at radius 1 is 1.18 bits per heavy atom. The maximum atomic E-state index is 5.59. The van der Waals surface area contributed by atoms with Crippen molar-refractivity contribution in [1.82, 2.24) is 15.2 Å². The molecule has 0 bridgehead atoms. The maximum absolute atomic E-state index is 5.59. The first-order valence-electron chi connectivity index (χ1n) is 5.04. The Labute approximate surface area is 103 Å². The third kappa shape index (κ3) is 3.29. The van der Waals surface area contributed by atoms with Crippen molar-refractivity contribution in [3.05, 3.63) is 35.7 Å². The van der Waals surface area contributed by atoms with Crippen molar-refractivity contribution in [1.29, 1.82) is 0 Å². The molecule has 0 aliphatic heterocycles. The van der Waals surface area contributed by atoms with E-state index in [9.17, 15) is 0 Å². The average molecular weight is 252 g/mol. The standard InChI is InChI=1S/C11H10ClN3O2/c1-2-16-8-3-5-9(6-4-8)17-10-7-13-15-11(12)14-10/h3-7H,2H2,1H3. The Hall–Kier alpha value is -1.88. The van der Waals surface area contributed by atoms with E-state index in [2.05, 4.69) is 15.2 Å². The molecule has 0 N–H and O–H groups in total. The summed E-state index contributed by atoms with van der Waals surface area (Å²) in [4.78, 5) is 3.87. The minimum Gasteiger partial charge on any atom is -0.494 e. The van der Waals surface area contributed by atoms with Crippen molar-refractivity contribution in [2.75, 3.05) is 6.61 Å². The largest absolute Gasteiger partial charge is 0.494 e. The van der Waals surface area contributed by atoms with E-state index in [1.54, 1.807) is 12.1 Å². The lowest BCUT2D eigenvalue weighted by Crippen LogP contribution is -1.93. The van der Waals surface area contributed by atoms with Gasteiger partial charge in [0.05, 0.1) is 6.61 Å². The van der Waals surface area contributed by atoms with E-state index in [-0.39, 0.29) is 5.28 Å². The highest BCUT2D eigenvalue weighted by atomic mass is 35.5. The second kappa shape index (κ2) is 5.45. The molecule has 17 heavy (non-hydrogen) atoms. The Morgan fingerprint density at radius 2 is 1.88 bits per heavy atom. The van der Waals surface area contributed by atoms with Crippen LogP contribution in [0.1, 0.15) is 6.92 Å². The molecule has 2 aromatic rings. The Balaban J connectivity index is 2.08. The first-order valence-corrected chi connectivity index (χ1v) is 5.41. The lowest BCUT2D eigenvalue weighted by atomic mass is 10.3. The maximum Gasteiger partial charge on any atom is 0.246 e. The number of aromatic nitrogens is 3. The predicted molar refractivity (Wildman–Crippen MR) is 62.5 cm³/mol. The zero-order chi connectivity index (χ0) is 12.1. The van der Waals surface area contributed by atoms with Crippen LogP contribution in [-0.4, -0.2) is 21.8 Å². The molecule has 1 aromatic carbocycles. The minimum absolute atomic E-state index is 0.0495. The van der Waals surface area contributed by atoms with Gasteiger partial charge in [0.25, 0.3) is 0 Å². The fourth-order valence-corrected chi connectivity index (χ4v) is 1.34. The summed E-state index contributed by atoms with van der Waals surface area (Å²) in [6, 6.07) is 7.19. The molecule has 2 rings (SSSR count). The Morgan fingerprint density at radius 3 is 2.53 bits per heavy atom. The number of benzene rings is 1. The highest BCUT2D eigenvalue weighted by Gasteiger charge is 2.01. The van der Waals surface area contributed by atoms with Crippen LogP contribution in [0.4, 0.5) is 0 Å². The van der Waals surface area contributed by atoms with E-state index >= 15 is 0 Å². The van der Waals surface area contributed by atoms with Crippen molar-refractivity contribution in [2.24, 2.45) is 0 Å². The van der Waals surface area contributed by atoms with E-state index in [4.69, 9.17) is 21.1 Å². The summed E-state index contributed by atoms with van der Waals surface area (Å²) in [5.74, 6) is 1.72. The van der Waals surface area contributed by atoms with Crippen LogP contribution in [0, 0.1) is 0 Å². The van der Waals surface area contributed by atoms with Gasteiger partial charge < -0.3 is 9.47 Å². The van der Waals surface area contributed by atoms with Gasteiger partial charge in [0.1, 0.15) is 17.7 Å². The number of hydrogen-bond donors (Lipinski definition) is 0. The molecule has 0 amide bonds. The lowest BCUT2D eigenvalue weighted by molar-refractivity contribution is 0.339. The van der Waals surface area contributed by atoms with Crippen LogP contribution in [0.15, 0.2) is 30.5 Å². The number of hydrogen-bond acceptors (Lipinski definition) is 5. The number of rotatable bonds is 4. The van der Waals surface area contributed by atoms with Crippen molar-refractivity contribution in [2.45, 2.75) is 6.92 Å². The smallest absolute Gasteiger partial charge is 0.246 e. The topological polar surface area (TPSA) is 57.1 Å². The fourth-order valence-electron chi connectivity index (χ4n) is 1.21. The van der Waals surface area contributed by atoms with E-state index in [0.29, 0.717) is 18.2 Å². The van der Waals surface area contributed by atoms with Crippen LogP contribution in [0.3, 0.4) is 0 Å². The molecule has 1 heterocycles. The van der Waals surface area contributed by atoms with Crippen molar-refractivity contribution in [3.8, 4) is 17.4 Å². The first-order chi connectivity index (χ1) is 8.28. The van der Waals surface area contributed by atoms with Crippen LogP contribution < -0.4 is 9.47 Å². The van der Waals surface area contributed by atoms with Crippen molar-refractivity contribution < 1.29 is 9.47 Å². The van der Waals surface area contributed by atoms with E-state index in [1.165, 1.54) is 6.20 Å². The SMILES string of the molecule is CCOc1ccc(Oc2cnnc(Cl)n2)cc1. The van der Waals surface area contributed by atoms with E-state index in [0.717, 1.165) is 5.75 Å². The van der Waals surface area contributed by atoms with Crippen LogP contribution in [0.5, 0.6) is 17.4 Å². The van der Waals surface area contributed by atoms with Crippen molar-refractivity contribution >= 4 is 11.6 Å². The molecule has 88 valence electrons. The highest BCUT2D eigenvalue weighted by molar-refractivity contribution is 6.28. The van der Waals surface area contributed by atoms with Gasteiger partial charge in [-0.15, -0.1) is 5.10 Å². The van der Waals surface area contributed by atoms with Gasteiger partial charge in [0.15, 0.2) is 0 Å². The summed E-state index contributed by atoms with van der Waals surface area (Å²) in [6.45, 7) is 2.56.